The molecule has 66 heavy (non-hydrogen) atoms. The number of nitrogens with zero attached hydrogens (tertiary/aromatic N) is 8. The first kappa shape index (κ1) is 43.6. The third kappa shape index (κ3) is 7.36. The number of hydrogen-bond acceptors (Lipinski definition) is 9. The van der Waals surface area contributed by atoms with Crippen molar-refractivity contribution in [3.63, 3.8) is 0 Å². The normalized spacial score (nSPS) is 21.6. The number of hydrogen-bond donors (Lipinski definition) is 1. The van der Waals surface area contributed by atoms with Crippen LogP contribution in [-0.4, -0.2) is 79.9 Å². The Bertz CT molecular complexity index is 3310. The maximum absolute atomic E-state index is 15.5. The second kappa shape index (κ2) is 15.6. The SMILES string of the molecule is Cc1cc(-n2nc3c(c2-n2ccn(-c4ccc(CN=S(C)(C)=O)cc4)c2=O)[C@H](C)N(C(=O)c2cc4cc([C@H]5CCOC(C)(C)C5)ccc4n2[C@@]2(c4noc(=O)[nH]4)C[C@@H]2C)CC3)cc(C)c1F. The molecule has 3 aromatic carbocycles. The number of carbonyl (C=O) groups excluding carboxylic acids is 1. The lowest BCUT2D eigenvalue weighted by Crippen LogP contribution is -2.41. The average Bonchev–Trinajstić information content (AvgIpc) is 3.76. The maximum Gasteiger partial charge on any atom is 0.438 e. The van der Waals surface area contributed by atoms with Gasteiger partial charge in [-0.1, -0.05) is 30.3 Å². The minimum atomic E-state index is -2.28. The number of amides is 1. The number of aryl methyl sites for hydroxylation is 2. The number of fused-ring (bicyclic) bond motifs is 2. The smallest absolute Gasteiger partial charge is 0.376 e. The van der Waals surface area contributed by atoms with E-state index in [1.165, 1.54) is 14.7 Å². The Morgan fingerprint density at radius 3 is 2.33 bits per heavy atom. The van der Waals surface area contributed by atoms with E-state index in [0.29, 0.717) is 71.4 Å². The molecule has 1 N–H and O–H groups in total. The molecular formula is C49H54FN9O6S. The fourth-order valence-electron chi connectivity index (χ4n) is 10.4. The summed E-state index contributed by atoms with van der Waals surface area (Å²) in [5.74, 6) is -0.109. The largest absolute Gasteiger partial charge is 0.438 e. The van der Waals surface area contributed by atoms with Gasteiger partial charge in [-0.25, -0.2) is 23.0 Å². The number of halogens is 1. The standard InChI is InChI=1S/C49H54FN9O6S/c1-28-21-37(22-29(2)42(28)50)59-43(57-19-18-56(47(57)62)36-12-9-32(10-13-36)27-51-66(7,8)63)41-31(4)55(17-15-38(41)53-59)44(60)40-24-35-23-33(34-16-20-64-48(5,6)26-34)11-14-39(35)58(40)49(25-30(49)3)45-52-46(61)65-54-45/h9-14,18-19,21-24,30-31,34H,15-17,20,25-27H2,1-8H3,(H,52,54,61)/t30-,31-,34-,49-/m0/s1. The minimum Gasteiger partial charge on any atom is -0.376 e. The lowest BCUT2D eigenvalue weighted by molar-refractivity contribution is -0.0592. The van der Waals surface area contributed by atoms with Crippen molar-refractivity contribution < 1.29 is 22.7 Å². The summed E-state index contributed by atoms with van der Waals surface area (Å²) in [6.07, 6.45) is 9.32. The Hall–Kier alpha value is -6.33. The zero-order valence-electron chi connectivity index (χ0n) is 38.4. The fraction of sp³-hybridized carbons (Fsp3) is 0.408. The second-order valence-electron chi connectivity index (χ2n) is 19.3. The van der Waals surface area contributed by atoms with Gasteiger partial charge in [0.15, 0.2) is 5.82 Å². The molecule has 0 spiro atoms. The van der Waals surface area contributed by atoms with Gasteiger partial charge in [-0.15, -0.1) is 0 Å². The topological polar surface area (TPSA) is 168 Å². The van der Waals surface area contributed by atoms with Gasteiger partial charge in [-0.05, 0) is 130 Å². The van der Waals surface area contributed by atoms with E-state index in [1.807, 2.05) is 46.7 Å². The van der Waals surface area contributed by atoms with Crippen molar-refractivity contribution in [1.82, 2.24) is 38.5 Å². The van der Waals surface area contributed by atoms with Crippen LogP contribution < -0.4 is 11.4 Å². The molecule has 1 aliphatic carbocycles. The van der Waals surface area contributed by atoms with Crippen LogP contribution in [0.15, 0.2) is 91.5 Å². The van der Waals surface area contributed by atoms with Gasteiger partial charge in [0.25, 0.3) is 5.91 Å². The van der Waals surface area contributed by atoms with Gasteiger partial charge in [0.1, 0.15) is 22.9 Å². The van der Waals surface area contributed by atoms with Crippen LogP contribution in [0.1, 0.15) is 109 Å². The number of aromatic amines is 1. The van der Waals surface area contributed by atoms with Gasteiger partial charge in [0, 0.05) is 70.7 Å². The molecule has 1 saturated carbocycles. The zero-order chi connectivity index (χ0) is 46.6. The van der Waals surface area contributed by atoms with E-state index in [4.69, 9.17) is 14.4 Å². The molecule has 3 aliphatic rings. The van der Waals surface area contributed by atoms with Crippen molar-refractivity contribution in [3.05, 3.63) is 145 Å². The predicted octanol–water partition coefficient (Wildman–Crippen LogP) is 7.64. The van der Waals surface area contributed by atoms with E-state index in [9.17, 15) is 13.8 Å². The Labute approximate surface area is 381 Å². The van der Waals surface area contributed by atoms with E-state index in [-0.39, 0.29) is 41.4 Å². The van der Waals surface area contributed by atoms with Crippen molar-refractivity contribution in [3.8, 4) is 17.2 Å². The van der Waals surface area contributed by atoms with Crippen molar-refractivity contribution in [2.75, 3.05) is 25.7 Å². The van der Waals surface area contributed by atoms with Crippen LogP contribution in [0.25, 0.3) is 28.1 Å². The Kier molecular flexibility index (Phi) is 10.3. The third-order valence-corrected chi connectivity index (χ3v) is 14.6. The van der Waals surface area contributed by atoms with Crippen LogP contribution in [0, 0.1) is 25.6 Å². The summed E-state index contributed by atoms with van der Waals surface area (Å²) in [5, 5.41) is 10.2. The molecule has 0 unspecified atom stereocenters. The highest BCUT2D eigenvalue weighted by Gasteiger charge is 2.59. The van der Waals surface area contributed by atoms with E-state index in [0.717, 1.165) is 35.0 Å². The van der Waals surface area contributed by atoms with Crippen LogP contribution in [0.5, 0.6) is 0 Å². The van der Waals surface area contributed by atoms with Crippen LogP contribution >= 0.6 is 0 Å². The molecule has 344 valence electrons. The summed E-state index contributed by atoms with van der Waals surface area (Å²) in [7, 11) is -2.28. The Morgan fingerprint density at radius 1 is 0.970 bits per heavy atom. The first-order chi connectivity index (χ1) is 31.3. The summed E-state index contributed by atoms with van der Waals surface area (Å²) in [6, 6.07) is 18.6. The highest BCUT2D eigenvalue weighted by Crippen LogP contribution is 2.56. The first-order valence-corrected chi connectivity index (χ1v) is 24.8. The quantitative estimate of drug-likeness (QED) is 0.154. The molecule has 17 heteroatoms. The molecule has 2 aliphatic heterocycles. The van der Waals surface area contributed by atoms with E-state index in [1.54, 1.807) is 55.6 Å². The van der Waals surface area contributed by atoms with E-state index in [2.05, 4.69) is 53.5 Å². The van der Waals surface area contributed by atoms with Gasteiger partial charge in [-0.3, -0.25) is 27.6 Å². The molecule has 7 aromatic rings. The zero-order valence-corrected chi connectivity index (χ0v) is 39.2. The lowest BCUT2D eigenvalue weighted by atomic mass is 9.83. The van der Waals surface area contributed by atoms with Crippen LogP contribution in [-0.2, 0) is 33.0 Å². The van der Waals surface area contributed by atoms with E-state index >= 15 is 9.18 Å². The fourth-order valence-corrected chi connectivity index (χ4v) is 10.9. The minimum absolute atomic E-state index is 0.0160. The highest BCUT2D eigenvalue weighted by atomic mass is 32.2. The van der Waals surface area contributed by atoms with Gasteiger partial charge >= 0.3 is 11.4 Å². The number of aromatic nitrogens is 7. The van der Waals surface area contributed by atoms with Crippen LogP contribution in [0.4, 0.5) is 4.39 Å². The van der Waals surface area contributed by atoms with Crippen molar-refractivity contribution in [1.29, 1.82) is 0 Å². The number of nitrogens with one attached hydrogen (secondary N) is 1. The molecule has 15 nitrogen and oxygen atoms in total. The lowest BCUT2D eigenvalue weighted by Gasteiger charge is -2.35. The molecule has 0 bridgehead atoms. The predicted molar refractivity (Wildman–Crippen MR) is 249 cm³/mol. The van der Waals surface area contributed by atoms with Gasteiger partial charge < -0.3 is 14.2 Å². The summed E-state index contributed by atoms with van der Waals surface area (Å²) in [6.45, 7) is 12.9. The van der Waals surface area contributed by atoms with Crippen molar-refractivity contribution in [2.24, 2.45) is 10.3 Å². The summed E-state index contributed by atoms with van der Waals surface area (Å²) in [4.78, 5) is 47.3. The Balaban J connectivity index is 1.09. The number of carbonyl (C=O) groups is 1. The number of rotatable bonds is 9. The third-order valence-electron chi connectivity index (χ3n) is 13.9. The monoisotopic (exact) mass is 915 g/mol. The molecule has 4 atom stereocenters. The van der Waals surface area contributed by atoms with Gasteiger partial charge in [0.05, 0.1) is 35.3 Å². The molecule has 6 heterocycles. The van der Waals surface area contributed by atoms with Crippen molar-refractivity contribution >= 4 is 26.5 Å². The number of H-pyrrole nitrogens is 1. The van der Waals surface area contributed by atoms with E-state index < -0.39 is 27.1 Å². The first-order valence-electron chi connectivity index (χ1n) is 22.4. The molecule has 10 rings (SSSR count). The highest BCUT2D eigenvalue weighted by molar-refractivity contribution is 7.92. The summed E-state index contributed by atoms with van der Waals surface area (Å²) < 4.78 is 49.5. The molecule has 4 aromatic heterocycles. The molecule has 0 radical (unpaired) electrons. The molecule has 1 amide bonds. The number of benzene rings is 3. The Morgan fingerprint density at radius 2 is 1.68 bits per heavy atom. The molecular weight excluding hydrogens is 862 g/mol. The molecule has 1 saturated heterocycles. The molecule has 2 fully saturated rings. The van der Waals surface area contributed by atoms with Crippen LogP contribution in [0.3, 0.4) is 0 Å². The van der Waals surface area contributed by atoms with Gasteiger partial charge in [0.2, 0.25) is 0 Å². The van der Waals surface area contributed by atoms with Gasteiger partial charge in [-0.2, -0.15) is 5.10 Å². The van der Waals surface area contributed by atoms with Crippen molar-refractivity contribution in [2.45, 2.75) is 96.9 Å². The second-order valence-corrected chi connectivity index (χ2v) is 21.9. The average molecular weight is 916 g/mol. The van der Waals surface area contributed by atoms with Crippen LogP contribution in [0.2, 0.25) is 0 Å². The summed E-state index contributed by atoms with van der Waals surface area (Å²) >= 11 is 0. The number of imidazole rings is 1. The summed E-state index contributed by atoms with van der Waals surface area (Å²) in [5.41, 5.74) is 5.31. The maximum atomic E-state index is 15.5. The number of ether oxygens (including phenoxy) is 1.